The summed E-state index contributed by atoms with van der Waals surface area (Å²) in [6.45, 7) is 2.80. The first-order chi connectivity index (χ1) is 4.42. The van der Waals surface area contributed by atoms with E-state index in [1.54, 1.807) is 0 Å². The van der Waals surface area contributed by atoms with Crippen LogP contribution in [-0.4, -0.2) is 68.7 Å². The number of likely N-dealkylation sites (N-methyl/N-ethyl adjacent to an activating group) is 1. The van der Waals surface area contributed by atoms with Crippen molar-refractivity contribution >= 4 is 29.9 Å². The van der Waals surface area contributed by atoms with Gasteiger partial charge in [-0.2, -0.15) is 0 Å². The molecular formula is C7H16NO2Sn+5. The molecule has 0 saturated carbocycles. The summed E-state index contributed by atoms with van der Waals surface area (Å²) in [6.07, 6.45) is 0. The number of hydrogen-bond donors (Lipinski definition) is 0. The number of ether oxygens (including phenoxy) is 1. The largest absolute Gasteiger partial charge is 4.00 e. The van der Waals surface area contributed by atoms with E-state index >= 15 is 0 Å². The van der Waals surface area contributed by atoms with Gasteiger partial charge in [-0.25, -0.2) is 0 Å². The zero-order valence-corrected chi connectivity index (χ0v) is 10.5. The maximum absolute atomic E-state index is 10.3. The van der Waals surface area contributed by atoms with Crippen molar-refractivity contribution in [3.05, 3.63) is 0 Å². The van der Waals surface area contributed by atoms with Crippen molar-refractivity contribution in [1.82, 2.24) is 0 Å². The van der Waals surface area contributed by atoms with E-state index in [4.69, 9.17) is 4.74 Å². The van der Waals surface area contributed by atoms with Crippen LogP contribution in [0.3, 0.4) is 0 Å². The molecule has 4 heteroatoms. The molecule has 0 rings (SSSR count). The summed E-state index contributed by atoms with van der Waals surface area (Å²) in [4.78, 5) is 10.3. The van der Waals surface area contributed by atoms with Gasteiger partial charge in [0.05, 0.1) is 21.1 Å². The maximum Gasteiger partial charge on any atom is 4.00 e. The predicted molar refractivity (Wildman–Crippen MR) is 45.3 cm³/mol. The van der Waals surface area contributed by atoms with E-state index in [9.17, 15) is 4.79 Å². The summed E-state index contributed by atoms with van der Waals surface area (Å²) < 4.78 is 5.59. The van der Waals surface area contributed by atoms with E-state index < -0.39 is 0 Å². The van der Waals surface area contributed by atoms with Gasteiger partial charge in [-0.05, 0) is 0 Å². The van der Waals surface area contributed by atoms with Crippen LogP contribution in [0, 0.1) is 0 Å². The Kier molecular flexibility index (Phi) is 7.31. The molecule has 60 valence electrons. The van der Waals surface area contributed by atoms with Gasteiger partial charge in [0.2, 0.25) is 0 Å². The molecule has 0 saturated heterocycles. The van der Waals surface area contributed by atoms with Crippen LogP contribution in [0.15, 0.2) is 0 Å². The summed E-state index contributed by atoms with van der Waals surface area (Å²) in [6, 6.07) is 0. The van der Waals surface area contributed by atoms with Crippen LogP contribution >= 0.6 is 0 Å². The van der Waals surface area contributed by atoms with Gasteiger partial charge in [-0.1, -0.05) is 0 Å². The normalized spacial score (nSPS) is 10.2. The number of rotatable bonds is 3. The van der Waals surface area contributed by atoms with Gasteiger partial charge in [0.1, 0.15) is 13.2 Å². The van der Waals surface area contributed by atoms with Crippen LogP contribution in [0.5, 0.6) is 0 Å². The smallest absolute Gasteiger partial charge is 0.460 e. The van der Waals surface area contributed by atoms with Crippen molar-refractivity contribution in [2.45, 2.75) is 6.92 Å². The fraction of sp³-hybridized carbons (Fsp3) is 0.857. The standard InChI is InChI=1S/C7H16NO2.Sn/c1-7(9)10-6-5-8(2,3)4;/h5-6H2,1-4H3;/q+1;+4. The second kappa shape index (κ2) is 5.83. The minimum atomic E-state index is -0.201. The molecule has 3 nitrogen and oxygen atoms in total. The summed E-state index contributed by atoms with van der Waals surface area (Å²) in [7, 11) is 6.18. The Morgan fingerprint density at radius 1 is 1.36 bits per heavy atom. The molecule has 0 spiro atoms. The monoisotopic (exact) mass is 266 g/mol. The molecule has 0 amide bonds. The second-order valence-electron chi connectivity index (χ2n) is 3.35. The number of esters is 1. The van der Waals surface area contributed by atoms with Crippen molar-refractivity contribution in [3.8, 4) is 0 Å². The Balaban J connectivity index is 0. The minimum Gasteiger partial charge on any atom is -0.460 e. The summed E-state index contributed by atoms with van der Waals surface area (Å²) >= 11 is 0. The zero-order valence-electron chi connectivity index (χ0n) is 7.68. The van der Waals surface area contributed by atoms with Crippen LogP contribution in [0.2, 0.25) is 0 Å². The fourth-order valence-corrected chi connectivity index (χ4v) is 0.463. The van der Waals surface area contributed by atoms with E-state index in [0.29, 0.717) is 6.61 Å². The number of quaternary nitrogens is 1. The first-order valence-electron chi connectivity index (χ1n) is 3.35. The minimum absolute atomic E-state index is 0. The van der Waals surface area contributed by atoms with Crippen molar-refractivity contribution in [1.29, 1.82) is 0 Å². The third-order valence-electron chi connectivity index (χ3n) is 1.07. The molecule has 0 heterocycles. The SMILES string of the molecule is CC(=O)OCC[N+](C)(C)C.[Sn+4]. The van der Waals surface area contributed by atoms with Gasteiger partial charge in [0.25, 0.3) is 0 Å². The van der Waals surface area contributed by atoms with Crippen LogP contribution in [0.4, 0.5) is 0 Å². The first kappa shape index (κ1) is 13.8. The van der Waals surface area contributed by atoms with Crippen molar-refractivity contribution in [3.63, 3.8) is 0 Å². The fourth-order valence-electron chi connectivity index (χ4n) is 0.463. The molecule has 0 fully saturated rings. The van der Waals surface area contributed by atoms with Crippen molar-refractivity contribution in [2.75, 3.05) is 34.3 Å². The van der Waals surface area contributed by atoms with Gasteiger partial charge in [-0.3, -0.25) is 4.79 Å². The topological polar surface area (TPSA) is 26.3 Å². The van der Waals surface area contributed by atoms with E-state index in [-0.39, 0.29) is 29.9 Å². The molecule has 0 aromatic carbocycles. The number of carbonyl (C=O) groups is 1. The Bertz CT molecular complexity index is 120. The molecule has 0 N–H and O–H groups in total. The van der Waals surface area contributed by atoms with Gasteiger partial charge < -0.3 is 9.22 Å². The number of hydrogen-bond acceptors (Lipinski definition) is 2. The van der Waals surface area contributed by atoms with E-state index in [1.165, 1.54) is 6.92 Å². The van der Waals surface area contributed by atoms with Crippen molar-refractivity contribution in [2.24, 2.45) is 0 Å². The molecule has 0 atom stereocenters. The third kappa shape index (κ3) is 13.3. The molecular weight excluding hydrogens is 249 g/mol. The molecule has 0 aliphatic rings. The predicted octanol–water partition coefficient (Wildman–Crippen LogP) is -0.125. The van der Waals surface area contributed by atoms with Gasteiger partial charge in [0.15, 0.2) is 0 Å². The van der Waals surface area contributed by atoms with Gasteiger partial charge >= 0.3 is 29.9 Å². The van der Waals surface area contributed by atoms with E-state index in [2.05, 4.69) is 21.1 Å². The molecule has 0 aliphatic carbocycles. The number of carbonyl (C=O) groups excluding carboxylic acids is 1. The van der Waals surface area contributed by atoms with Crippen LogP contribution in [0.1, 0.15) is 6.92 Å². The van der Waals surface area contributed by atoms with Crippen molar-refractivity contribution < 1.29 is 14.0 Å². The van der Waals surface area contributed by atoms with Crippen LogP contribution < -0.4 is 0 Å². The Morgan fingerprint density at radius 3 is 2.09 bits per heavy atom. The summed E-state index contributed by atoms with van der Waals surface area (Å²) in [5, 5.41) is 0. The van der Waals surface area contributed by atoms with E-state index in [1.807, 2.05) is 0 Å². The van der Waals surface area contributed by atoms with Crippen LogP contribution in [-0.2, 0) is 9.53 Å². The van der Waals surface area contributed by atoms with Gasteiger partial charge in [-0.15, -0.1) is 0 Å². The Morgan fingerprint density at radius 2 is 1.82 bits per heavy atom. The molecule has 0 aromatic heterocycles. The molecule has 0 radical (unpaired) electrons. The average Bonchev–Trinajstić information content (AvgIpc) is 1.59. The zero-order chi connectivity index (χ0) is 8.20. The Labute approximate surface area is 85.3 Å². The first-order valence-corrected chi connectivity index (χ1v) is 3.35. The molecule has 0 aromatic rings. The quantitative estimate of drug-likeness (QED) is 0.404. The van der Waals surface area contributed by atoms with Crippen LogP contribution in [0.25, 0.3) is 0 Å². The summed E-state index contributed by atoms with van der Waals surface area (Å²) in [5.74, 6) is -0.201. The average molecular weight is 265 g/mol. The second-order valence-corrected chi connectivity index (χ2v) is 3.35. The third-order valence-corrected chi connectivity index (χ3v) is 1.07. The maximum atomic E-state index is 10.3. The molecule has 0 unspecified atom stereocenters. The van der Waals surface area contributed by atoms with Gasteiger partial charge in [0, 0.05) is 6.92 Å². The molecule has 0 bridgehead atoms. The Hall–Kier alpha value is 0.229. The van der Waals surface area contributed by atoms with E-state index in [0.717, 1.165) is 11.0 Å². The number of nitrogens with zero attached hydrogens (tertiary/aromatic N) is 1. The molecule has 0 aliphatic heterocycles. The summed E-state index contributed by atoms with van der Waals surface area (Å²) in [5.41, 5.74) is 0. The molecule has 11 heavy (non-hydrogen) atoms.